The zero-order valence-electron chi connectivity index (χ0n) is 7.27. The van der Waals surface area contributed by atoms with E-state index < -0.39 is 29.8 Å². The first kappa shape index (κ1) is 2.92. The maximum Gasteiger partial charge on any atom is 0.214 e. The Kier molecular flexibility index (Phi) is 0.723. The highest BCUT2D eigenvalue weighted by Gasteiger charge is 1.90. The first-order valence-electron chi connectivity index (χ1n) is 3.61. The molecule has 0 unspecified atom stereocenters. The molecule has 0 atom stereocenters. The van der Waals surface area contributed by atoms with Crippen molar-refractivity contribution >= 4 is 0 Å². The maximum absolute atomic E-state index is 12.6. The second kappa shape index (κ2) is 2.23. The third-order valence-corrected chi connectivity index (χ3v) is 0.662. The molecule has 0 saturated heterocycles. The van der Waals surface area contributed by atoms with E-state index in [9.17, 15) is 4.39 Å². The average Bonchev–Trinajstić information content (AvgIpc) is 2.08. The second-order valence-corrected chi connectivity index (χ2v) is 1.24. The molecule has 3 heteroatoms. The van der Waals surface area contributed by atoms with Gasteiger partial charge < -0.3 is 0 Å². The van der Waals surface area contributed by atoms with Gasteiger partial charge in [-0.15, -0.1) is 0 Å². The minimum absolute atomic E-state index is 0.464. The summed E-state index contributed by atoms with van der Waals surface area (Å²) in [5.41, 5.74) is -0.464. The molecule has 1 aromatic heterocycles. The molecule has 2 nitrogen and oxygen atoms in total. The highest BCUT2D eigenvalue weighted by atomic mass is 19.1. The summed E-state index contributed by atoms with van der Waals surface area (Å²) in [6, 6.07) is -0.411. The SMILES string of the molecule is [2H]c1c(F)nc(C#N)c([2H])c1[2H]. The van der Waals surface area contributed by atoms with Gasteiger partial charge in [0, 0.05) is 0 Å². The van der Waals surface area contributed by atoms with E-state index in [1.165, 1.54) is 6.07 Å². The normalized spacial score (nSPS) is 13.1. The Hall–Kier alpha value is -1.43. The van der Waals surface area contributed by atoms with Gasteiger partial charge in [0.25, 0.3) is 0 Å². The van der Waals surface area contributed by atoms with Crippen LogP contribution in [0.1, 0.15) is 9.81 Å². The van der Waals surface area contributed by atoms with Crippen LogP contribution in [0.5, 0.6) is 0 Å². The van der Waals surface area contributed by atoms with E-state index in [4.69, 9.17) is 9.37 Å². The molecule has 0 aliphatic heterocycles. The Morgan fingerprint density at radius 3 is 3.22 bits per heavy atom. The molecule has 0 bridgehead atoms. The van der Waals surface area contributed by atoms with Gasteiger partial charge >= 0.3 is 0 Å². The number of halogens is 1. The largest absolute Gasteiger partial charge is 0.214 e. The van der Waals surface area contributed by atoms with Crippen LogP contribution in [0, 0.1) is 17.3 Å². The van der Waals surface area contributed by atoms with Crippen molar-refractivity contribution < 1.29 is 8.50 Å². The van der Waals surface area contributed by atoms with Crippen molar-refractivity contribution in [2.24, 2.45) is 0 Å². The van der Waals surface area contributed by atoms with Gasteiger partial charge in [0.05, 0.1) is 4.11 Å². The molecule has 0 N–H and O–H groups in total. The van der Waals surface area contributed by atoms with Crippen LogP contribution < -0.4 is 0 Å². The smallest absolute Gasteiger partial charge is 0.209 e. The van der Waals surface area contributed by atoms with Crippen LogP contribution in [-0.4, -0.2) is 4.98 Å². The number of pyridine rings is 1. The molecule has 1 rings (SSSR count). The number of rotatable bonds is 0. The van der Waals surface area contributed by atoms with Crippen LogP contribution in [0.25, 0.3) is 0 Å². The summed E-state index contributed by atoms with van der Waals surface area (Å²) in [6.45, 7) is 0. The van der Waals surface area contributed by atoms with Gasteiger partial charge in [-0.05, 0) is 12.1 Å². The minimum atomic E-state index is -1.19. The molecule has 0 amide bonds. The van der Waals surface area contributed by atoms with Gasteiger partial charge in [0.2, 0.25) is 5.95 Å². The monoisotopic (exact) mass is 125 g/mol. The number of aromatic nitrogens is 1. The van der Waals surface area contributed by atoms with Crippen molar-refractivity contribution in [1.29, 1.82) is 5.26 Å². The summed E-state index contributed by atoms with van der Waals surface area (Å²) in [6.07, 6.45) is 0. The van der Waals surface area contributed by atoms with Gasteiger partial charge in [-0.25, -0.2) is 4.98 Å². The van der Waals surface area contributed by atoms with Crippen molar-refractivity contribution in [3.05, 3.63) is 29.8 Å². The topological polar surface area (TPSA) is 36.7 Å². The third-order valence-electron chi connectivity index (χ3n) is 0.662. The highest BCUT2D eigenvalue weighted by Crippen LogP contribution is 1.94. The Bertz CT molecular complexity index is 372. The van der Waals surface area contributed by atoms with Gasteiger partial charge in [0.15, 0.2) is 0 Å². The van der Waals surface area contributed by atoms with Crippen LogP contribution in [0.2, 0.25) is 0 Å². The van der Waals surface area contributed by atoms with Crippen LogP contribution in [0.4, 0.5) is 4.39 Å². The van der Waals surface area contributed by atoms with Crippen LogP contribution in [0.15, 0.2) is 18.1 Å². The molecule has 9 heavy (non-hydrogen) atoms. The quantitative estimate of drug-likeness (QED) is 0.486. The number of hydrogen-bond donors (Lipinski definition) is 0. The van der Waals surface area contributed by atoms with E-state index in [1.54, 1.807) is 0 Å². The molecular weight excluding hydrogens is 119 g/mol. The molecular formula is C6H3FN2. The molecule has 0 spiro atoms. The predicted octanol–water partition coefficient (Wildman–Crippen LogP) is 1.09. The van der Waals surface area contributed by atoms with Gasteiger partial charge in [-0.2, -0.15) is 9.65 Å². The summed E-state index contributed by atoms with van der Waals surface area (Å²) < 4.78 is 33.6. The summed E-state index contributed by atoms with van der Waals surface area (Å²) in [4.78, 5) is 3.03. The maximum atomic E-state index is 12.6. The number of hydrogen-bond acceptors (Lipinski definition) is 2. The van der Waals surface area contributed by atoms with Crippen molar-refractivity contribution in [3.8, 4) is 6.07 Å². The van der Waals surface area contributed by atoms with Crippen molar-refractivity contribution in [3.63, 3.8) is 0 Å². The predicted molar refractivity (Wildman–Crippen MR) is 28.9 cm³/mol. The Labute approximate surface area is 55.8 Å². The fourth-order valence-corrected chi connectivity index (χ4v) is 0.349. The summed E-state index contributed by atoms with van der Waals surface area (Å²) >= 11 is 0. The van der Waals surface area contributed by atoms with Crippen molar-refractivity contribution in [2.75, 3.05) is 0 Å². The lowest BCUT2D eigenvalue weighted by Gasteiger charge is -1.84. The number of nitrogens with zero attached hydrogens (tertiary/aromatic N) is 2. The summed E-state index contributed by atoms with van der Waals surface area (Å²) in [5.74, 6) is -1.19. The number of nitriles is 1. The van der Waals surface area contributed by atoms with Gasteiger partial charge in [-0.3, -0.25) is 0 Å². The Balaban J connectivity index is 3.52. The fraction of sp³-hybridized carbons (Fsp3) is 0. The Morgan fingerprint density at radius 1 is 1.78 bits per heavy atom. The van der Waals surface area contributed by atoms with Crippen LogP contribution in [0.3, 0.4) is 0 Å². The first-order valence-corrected chi connectivity index (χ1v) is 2.11. The molecule has 0 saturated carbocycles. The van der Waals surface area contributed by atoms with Gasteiger partial charge in [-0.1, -0.05) is 6.04 Å². The lowest BCUT2D eigenvalue weighted by Crippen LogP contribution is -1.84. The molecule has 1 heterocycles. The molecule has 0 aliphatic rings. The molecule has 44 valence electrons. The minimum Gasteiger partial charge on any atom is -0.209 e. The lowest BCUT2D eigenvalue weighted by atomic mass is 10.4. The van der Waals surface area contributed by atoms with E-state index in [0.717, 1.165) is 0 Å². The van der Waals surface area contributed by atoms with Crippen LogP contribution in [-0.2, 0) is 0 Å². The molecule has 0 aromatic carbocycles. The van der Waals surface area contributed by atoms with E-state index in [0.29, 0.717) is 0 Å². The third kappa shape index (κ3) is 1.23. The summed E-state index contributed by atoms with van der Waals surface area (Å²) in [5, 5.41) is 8.31. The zero-order chi connectivity index (χ0) is 9.30. The Morgan fingerprint density at radius 2 is 2.56 bits per heavy atom. The zero-order valence-corrected chi connectivity index (χ0v) is 4.27. The van der Waals surface area contributed by atoms with E-state index in [2.05, 4.69) is 4.98 Å². The molecule has 0 radical (unpaired) electrons. The average molecular weight is 125 g/mol. The van der Waals surface area contributed by atoms with E-state index >= 15 is 0 Å². The molecule has 1 aromatic rings. The fourth-order valence-electron chi connectivity index (χ4n) is 0.349. The molecule has 0 aliphatic carbocycles. The first-order chi connectivity index (χ1) is 5.57. The molecule has 0 fully saturated rings. The standard InChI is InChI=1S/C6H3FN2/c7-6-3-1-2-5(4-8)9-6/h1-3H/i1D,2D,3D. The summed E-state index contributed by atoms with van der Waals surface area (Å²) in [7, 11) is 0. The highest BCUT2D eigenvalue weighted by molar-refractivity contribution is 5.18. The van der Waals surface area contributed by atoms with Crippen LogP contribution >= 0.6 is 0 Å². The van der Waals surface area contributed by atoms with Gasteiger partial charge in [0.1, 0.15) is 11.8 Å². The van der Waals surface area contributed by atoms with E-state index in [-0.39, 0.29) is 0 Å². The second-order valence-electron chi connectivity index (χ2n) is 1.24. The van der Waals surface area contributed by atoms with Crippen molar-refractivity contribution in [1.82, 2.24) is 4.98 Å². The lowest BCUT2D eigenvalue weighted by molar-refractivity contribution is 0.582. The van der Waals surface area contributed by atoms with Crippen molar-refractivity contribution in [2.45, 2.75) is 0 Å². The van der Waals surface area contributed by atoms with E-state index in [1.807, 2.05) is 0 Å².